The first kappa shape index (κ1) is 12.5. The van der Waals surface area contributed by atoms with Crippen molar-refractivity contribution in [2.75, 3.05) is 13.1 Å². The molecule has 2 rings (SSSR count). The number of piperidine rings is 1. The Labute approximate surface area is 105 Å². The molecule has 5 nitrogen and oxygen atoms in total. The fourth-order valence-electron chi connectivity index (χ4n) is 2.26. The highest BCUT2D eigenvalue weighted by atomic mass is 16.2. The number of ketones is 1. The normalized spacial score (nSPS) is 16.6. The molecule has 5 heteroatoms. The highest BCUT2D eigenvalue weighted by Gasteiger charge is 2.26. The number of likely N-dealkylation sites (tertiary alicyclic amines) is 1. The van der Waals surface area contributed by atoms with Crippen molar-refractivity contribution in [1.29, 1.82) is 0 Å². The van der Waals surface area contributed by atoms with Crippen LogP contribution in [0.2, 0.25) is 0 Å². The lowest BCUT2D eigenvalue weighted by molar-refractivity contribution is -0.130. The molecule has 0 aliphatic carbocycles. The van der Waals surface area contributed by atoms with E-state index in [-0.39, 0.29) is 23.2 Å². The number of amides is 1. The number of nitrogens with zero attached hydrogens (tertiary/aromatic N) is 1. The number of carbonyl (C=O) groups is 2. The van der Waals surface area contributed by atoms with Gasteiger partial charge in [-0.25, -0.2) is 0 Å². The predicted octanol–water partition coefficient (Wildman–Crippen LogP) is 0.816. The summed E-state index contributed by atoms with van der Waals surface area (Å²) >= 11 is 0. The second-order valence-electron chi connectivity index (χ2n) is 4.59. The van der Waals surface area contributed by atoms with Gasteiger partial charge in [-0.1, -0.05) is 0 Å². The van der Waals surface area contributed by atoms with Gasteiger partial charge in [-0.2, -0.15) is 0 Å². The molecule has 0 unspecified atom stereocenters. The Balaban J connectivity index is 2.01. The van der Waals surface area contributed by atoms with E-state index in [4.69, 9.17) is 0 Å². The summed E-state index contributed by atoms with van der Waals surface area (Å²) in [6.45, 7) is 2.81. The molecule has 0 radical (unpaired) electrons. The van der Waals surface area contributed by atoms with Crippen LogP contribution in [0, 0.1) is 5.92 Å². The Bertz CT molecular complexity index is 493. The van der Waals surface area contributed by atoms with E-state index in [2.05, 4.69) is 4.98 Å². The Morgan fingerprint density at radius 3 is 2.44 bits per heavy atom. The smallest absolute Gasteiger partial charge is 0.247 e. The van der Waals surface area contributed by atoms with Crippen molar-refractivity contribution in [2.45, 2.75) is 19.8 Å². The summed E-state index contributed by atoms with van der Waals surface area (Å²) in [7, 11) is 0. The lowest BCUT2D eigenvalue weighted by Crippen LogP contribution is -2.39. The van der Waals surface area contributed by atoms with Gasteiger partial charge in [-0.15, -0.1) is 0 Å². The second kappa shape index (κ2) is 5.16. The highest BCUT2D eigenvalue weighted by molar-refractivity contribution is 5.97. The van der Waals surface area contributed by atoms with E-state index >= 15 is 0 Å². The van der Waals surface area contributed by atoms with Crippen molar-refractivity contribution in [3.63, 3.8) is 0 Å². The molecular weight excluding hydrogens is 232 g/mol. The van der Waals surface area contributed by atoms with E-state index in [0.29, 0.717) is 31.5 Å². The minimum atomic E-state index is -0.210. The van der Waals surface area contributed by atoms with Crippen LogP contribution in [0.1, 0.15) is 30.1 Å². The lowest BCUT2D eigenvalue weighted by Gasteiger charge is -2.30. The summed E-state index contributed by atoms with van der Waals surface area (Å²) in [5.74, 6) is 0.0610. The van der Waals surface area contributed by atoms with E-state index in [1.165, 1.54) is 12.3 Å². The molecule has 0 saturated carbocycles. The van der Waals surface area contributed by atoms with Crippen LogP contribution in [0.25, 0.3) is 0 Å². The van der Waals surface area contributed by atoms with Crippen molar-refractivity contribution in [2.24, 2.45) is 5.92 Å². The van der Waals surface area contributed by atoms with Crippen LogP contribution in [0.5, 0.6) is 0 Å². The average molecular weight is 248 g/mol. The Hall–Kier alpha value is -1.91. The van der Waals surface area contributed by atoms with Crippen LogP contribution in [0.4, 0.5) is 0 Å². The van der Waals surface area contributed by atoms with Crippen molar-refractivity contribution in [1.82, 2.24) is 9.88 Å². The van der Waals surface area contributed by atoms with Gasteiger partial charge in [-0.05, 0) is 18.9 Å². The van der Waals surface area contributed by atoms with Crippen LogP contribution < -0.4 is 5.56 Å². The summed E-state index contributed by atoms with van der Waals surface area (Å²) in [6.07, 6.45) is 2.84. The molecule has 1 N–H and O–H groups in total. The number of hydrogen-bond donors (Lipinski definition) is 1. The minimum absolute atomic E-state index is 0.0495. The maximum Gasteiger partial charge on any atom is 0.247 e. The van der Waals surface area contributed by atoms with Crippen LogP contribution in [-0.2, 0) is 4.79 Å². The van der Waals surface area contributed by atoms with Crippen LogP contribution in [0.15, 0.2) is 23.1 Å². The molecule has 1 aliphatic rings. The number of H-pyrrole nitrogens is 1. The van der Waals surface area contributed by atoms with Gasteiger partial charge in [0.25, 0.3) is 0 Å². The monoisotopic (exact) mass is 248 g/mol. The number of Topliss-reactive ketones (excluding diaryl/α,β-unsaturated/α-hetero) is 1. The number of aromatic amines is 1. The van der Waals surface area contributed by atoms with Gasteiger partial charge in [0.2, 0.25) is 11.5 Å². The van der Waals surface area contributed by atoms with Crippen molar-refractivity contribution >= 4 is 11.7 Å². The topological polar surface area (TPSA) is 70.2 Å². The summed E-state index contributed by atoms with van der Waals surface area (Å²) in [4.78, 5) is 38.5. The quantitative estimate of drug-likeness (QED) is 0.787. The maximum atomic E-state index is 12.2. The summed E-state index contributed by atoms with van der Waals surface area (Å²) in [5.41, 5.74) is 0.328. The van der Waals surface area contributed by atoms with Crippen LogP contribution >= 0.6 is 0 Å². The largest absolute Gasteiger partial charge is 0.343 e. The lowest BCUT2D eigenvalue weighted by atomic mass is 9.89. The summed E-state index contributed by atoms with van der Waals surface area (Å²) in [6, 6.07) is 2.91. The molecule has 1 fully saturated rings. The first-order chi connectivity index (χ1) is 8.58. The van der Waals surface area contributed by atoms with Crippen LogP contribution in [0.3, 0.4) is 0 Å². The van der Waals surface area contributed by atoms with Crippen molar-refractivity contribution in [3.05, 3.63) is 34.2 Å². The van der Waals surface area contributed by atoms with Gasteiger partial charge in [0.1, 0.15) is 0 Å². The summed E-state index contributed by atoms with van der Waals surface area (Å²) in [5, 5.41) is 0. The van der Waals surface area contributed by atoms with Gasteiger partial charge in [0.15, 0.2) is 5.78 Å². The van der Waals surface area contributed by atoms with Gasteiger partial charge < -0.3 is 9.88 Å². The standard InChI is InChI=1S/C13H16N2O3/c1-9(16)15-6-4-10(5-7-15)13(18)11-2-3-12(17)14-8-11/h2-3,8,10H,4-7H2,1H3,(H,14,17). The molecule has 18 heavy (non-hydrogen) atoms. The third-order valence-corrected chi connectivity index (χ3v) is 3.38. The summed E-state index contributed by atoms with van der Waals surface area (Å²) < 4.78 is 0. The van der Waals surface area contributed by atoms with E-state index in [1.54, 1.807) is 17.9 Å². The third-order valence-electron chi connectivity index (χ3n) is 3.38. The number of carbonyl (C=O) groups excluding carboxylic acids is 2. The Kier molecular flexibility index (Phi) is 3.60. The second-order valence-corrected chi connectivity index (χ2v) is 4.59. The van der Waals surface area contributed by atoms with Crippen molar-refractivity contribution < 1.29 is 9.59 Å². The minimum Gasteiger partial charge on any atom is -0.343 e. The molecule has 1 aromatic heterocycles. The van der Waals surface area contributed by atoms with Crippen molar-refractivity contribution in [3.8, 4) is 0 Å². The first-order valence-electron chi connectivity index (χ1n) is 6.06. The maximum absolute atomic E-state index is 12.2. The van der Waals surface area contributed by atoms with Gasteiger partial charge in [-0.3, -0.25) is 14.4 Å². The molecule has 1 amide bonds. The Morgan fingerprint density at radius 1 is 1.28 bits per heavy atom. The van der Waals surface area contributed by atoms with E-state index in [1.807, 2.05) is 0 Å². The highest BCUT2D eigenvalue weighted by Crippen LogP contribution is 2.21. The average Bonchev–Trinajstić information content (AvgIpc) is 2.39. The molecule has 0 bridgehead atoms. The van der Waals surface area contributed by atoms with E-state index in [9.17, 15) is 14.4 Å². The third kappa shape index (κ3) is 2.67. The molecule has 96 valence electrons. The zero-order chi connectivity index (χ0) is 13.1. The number of rotatable bonds is 2. The molecule has 0 spiro atoms. The number of hydrogen-bond acceptors (Lipinski definition) is 3. The first-order valence-corrected chi connectivity index (χ1v) is 6.06. The molecule has 1 aromatic rings. The van der Waals surface area contributed by atoms with Gasteiger partial charge in [0, 0.05) is 43.8 Å². The molecular formula is C13H16N2O3. The zero-order valence-corrected chi connectivity index (χ0v) is 10.3. The van der Waals surface area contributed by atoms with E-state index < -0.39 is 0 Å². The van der Waals surface area contributed by atoms with Crippen LogP contribution in [-0.4, -0.2) is 34.7 Å². The van der Waals surface area contributed by atoms with Gasteiger partial charge in [0.05, 0.1) is 0 Å². The number of aromatic nitrogens is 1. The molecule has 1 saturated heterocycles. The molecule has 0 atom stereocenters. The fourth-order valence-corrected chi connectivity index (χ4v) is 2.26. The fraction of sp³-hybridized carbons (Fsp3) is 0.462. The van der Waals surface area contributed by atoms with E-state index in [0.717, 1.165) is 0 Å². The zero-order valence-electron chi connectivity index (χ0n) is 10.3. The predicted molar refractivity (Wildman–Crippen MR) is 66.4 cm³/mol. The Morgan fingerprint density at radius 2 is 1.94 bits per heavy atom. The number of nitrogens with one attached hydrogen (secondary N) is 1. The molecule has 0 aromatic carbocycles. The number of pyridine rings is 1. The SMILES string of the molecule is CC(=O)N1CCC(C(=O)c2ccc(=O)[nH]c2)CC1. The van der Waals surface area contributed by atoms with Gasteiger partial charge >= 0.3 is 0 Å². The molecule has 1 aliphatic heterocycles. The molecule has 2 heterocycles.